The van der Waals surface area contributed by atoms with Crippen molar-refractivity contribution in [3.05, 3.63) is 53.9 Å². The van der Waals surface area contributed by atoms with Crippen molar-refractivity contribution in [2.45, 2.75) is 6.54 Å². The number of carboxylic acid groups (broad SMARTS) is 1. The number of ether oxygens (including phenoxy) is 1. The number of benzene rings is 1. The molecule has 1 aromatic heterocycles. The third-order valence-electron chi connectivity index (χ3n) is 4.25. The Balaban J connectivity index is 1.55. The lowest BCUT2D eigenvalue weighted by atomic mass is 10.2. The van der Waals surface area contributed by atoms with Gasteiger partial charge in [0.25, 0.3) is 0 Å². The van der Waals surface area contributed by atoms with E-state index < -0.39 is 5.97 Å². The molecule has 1 aliphatic heterocycles. The summed E-state index contributed by atoms with van der Waals surface area (Å²) in [6.45, 7) is 4.52. The van der Waals surface area contributed by atoms with Crippen LogP contribution in [-0.2, 0) is 6.54 Å². The van der Waals surface area contributed by atoms with Gasteiger partial charge in [-0.05, 0) is 24.3 Å². The minimum Gasteiger partial charge on any atom is -0.497 e. The predicted octanol–water partition coefficient (Wildman–Crippen LogP) is 2.11. The number of aromatic carboxylic acids is 1. The SMILES string of the molecule is COc1cccc(N2CCN(Cc3ccc(C(=O)O)cn3)CC2)c1. The van der Waals surface area contributed by atoms with Gasteiger partial charge < -0.3 is 14.7 Å². The van der Waals surface area contributed by atoms with Crippen molar-refractivity contribution in [1.82, 2.24) is 9.88 Å². The smallest absolute Gasteiger partial charge is 0.337 e. The number of rotatable bonds is 5. The lowest BCUT2D eigenvalue weighted by Gasteiger charge is -2.36. The summed E-state index contributed by atoms with van der Waals surface area (Å²) in [6.07, 6.45) is 1.42. The first-order valence-corrected chi connectivity index (χ1v) is 7.95. The van der Waals surface area contributed by atoms with Gasteiger partial charge in [-0.1, -0.05) is 6.07 Å². The van der Waals surface area contributed by atoms with E-state index in [4.69, 9.17) is 9.84 Å². The molecule has 2 heterocycles. The van der Waals surface area contributed by atoms with Crippen molar-refractivity contribution in [1.29, 1.82) is 0 Å². The molecule has 1 N–H and O–H groups in total. The molecule has 0 unspecified atom stereocenters. The van der Waals surface area contributed by atoms with Crippen molar-refractivity contribution >= 4 is 11.7 Å². The molecule has 0 saturated carbocycles. The number of aromatic nitrogens is 1. The highest BCUT2D eigenvalue weighted by Crippen LogP contribution is 2.22. The monoisotopic (exact) mass is 327 g/mol. The van der Waals surface area contributed by atoms with E-state index in [1.54, 1.807) is 19.2 Å². The van der Waals surface area contributed by atoms with E-state index in [9.17, 15) is 4.79 Å². The molecule has 0 aliphatic carbocycles. The van der Waals surface area contributed by atoms with Gasteiger partial charge in [-0.15, -0.1) is 0 Å². The number of piperazine rings is 1. The Morgan fingerprint density at radius 3 is 2.62 bits per heavy atom. The molecule has 6 nitrogen and oxygen atoms in total. The van der Waals surface area contributed by atoms with Gasteiger partial charge in [0.2, 0.25) is 0 Å². The maximum Gasteiger partial charge on any atom is 0.337 e. The first-order valence-electron chi connectivity index (χ1n) is 7.95. The van der Waals surface area contributed by atoms with E-state index >= 15 is 0 Å². The first kappa shape index (κ1) is 16.3. The van der Waals surface area contributed by atoms with E-state index in [-0.39, 0.29) is 5.56 Å². The second-order valence-electron chi connectivity index (χ2n) is 5.81. The van der Waals surface area contributed by atoms with Crippen LogP contribution in [0.2, 0.25) is 0 Å². The second kappa shape index (κ2) is 7.31. The van der Waals surface area contributed by atoms with E-state index in [1.165, 1.54) is 11.9 Å². The van der Waals surface area contributed by atoms with Crippen molar-refractivity contribution in [3.63, 3.8) is 0 Å². The quantitative estimate of drug-likeness (QED) is 0.907. The van der Waals surface area contributed by atoms with Crippen LogP contribution < -0.4 is 9.64 Å². The zero-order valence-corrected chi connectivity index (χ0v) is 13.7. The van der Waals surface area contributed by atoms with Crippen LogP contribution in [0.3, 0.4) is 0 Å². The van der Waals surface area contributed by atoms with Gasteiger partial charge in [0.1, 0.15) is 5.75 Å². The Kier molecular flexibility index (Phi) is 4.96. The normalized spacial score (nSPS) is 15.3. The van der Waals surface area contributed by atoms with E-state index in [0.29, 0.717) is 0 Å². The molecule has 0 radical (unpaired) electrons. The maximum atomic E-state index is 10.9. The zero-order valence-electron chi connectivity index (χ0n) is 13.7. The lowest BCUT2D eigenvalue weighted by Crippen LogP contribution is -2.46. The number of pyridine rings is 1. The van der Waals surface area contributed by atoms with Gasteiger partial charge in [-0.25, -0.2) is 4.79 Å². The fraction of sp³-hybridized carbons (Fsp3) is 0.333. The Bertz CT molecular complexity index is 695. The first-order chi connectivity index (χ1) is 11.7. The Labute approximate surface area is 141 Å². The molecular formula is C18H21N3O3. The predicted molar refractivity (Wildman–Crippen MR) is 91.7 cm³/mol. The summed E-state index contributed by atoms with van der Waals surface area (Å²) in [7, 11) is 1.68. The Morgan fingerprint density at radius 2 is 2.00 bits per heavy atom. The third kappa shape index (κ3) is 3.83. The number of hydrogen-bond donors (Lipinski definition) is 1. The standard InChI is InChI=1S/C18H21N3O3/c1-24-17-4-2-3-16(11-17)21-9-7-20(8-10-21)13-15-6-5-14(12-19-15)18(22)23/h2-6,11-12H,7-10,13H2,1H3,(H,22,23). The number of carboxylic acids is 1. The molecule has 1 aromatic carbocycles. The summed E-state index contributed by atoms with van der Waals surface area (Å²) in [5.74, 6) is -0.0707. The summed E-state index contributed by atoms with van der Waals surface area (Å²) in [6, 6.07) is 11.5. The van der Waals surface area contributed by atoms with Crippen molar-refractivity contribution in [2.24, 2.45) is 0 Å². The van der Waals surface area contributed by atoms with E-state index in [2.05, 4.69) is 26.9 Å². The van der Waals surface area contributed by atoms with Gasteiger partial charge >= 0.3 is 5.97 Å². The van der Waals surface area contributed by atoms with Crippen LogP contribution in [0, 0.1) is 0 Å². The summed E-state index contributed by atoms with van der Waals surface area (Å²) >= 11 is 0. The number of methoxy groups -OCH3 is 1. The number of nitrogens with zero attached hydrogens (tertiary/aromatic N) is 3. The summed E-state index contributed by atoms with van der Waals surface area (Å²) in [4.78, 5) is 19.8. The zero-order chi connectivity index (χ0) is 16.9. The average Bonchev–Trinajstić information content (AvgIpc) is 2.63. The van der Waals surface area contributed by atoms with Gasteiger partial charge in [-0.2, -0.15) is 0 Å². The molecule has 1 fully saturated rings. The van der Waals surface area contributed by atoms with Crippen molar-refractivity contribution < 1.29 is 14.6 Å². The van der Waals surface area contributed by atoms with Crippen LogP contribution in [-0.4, -0.2) is 54.2 Å². The van der Waals surface area contributed by atoms with Gasteiger partial charge in [0, 0.05) is 50.7 Å². The molecule has 0 spiro atoms. The molecule has 0 amide bonds. The van der Waals surface area contributed by atoms with Crippen LogP contribution in [0.1, 0.15) is 16.1 Å². The Morgan fingerprint density at radius 1 is 1.21 bits per heavy atom. The minimum absolute atomic E-state index is 0.224. The lowest BCUT2D eigenvalue weighted by molar-refractivity contribution is 0.0696. The highest BCUT2D eigenvalue weighted by Gasteiger charge is 2.18. The molecule has 3 rings (SSSR count). The molecule has 0 bridgehead atoms. The highest BCUT2D eigenvalue weighted by atomic mass is 16.5. The van der Waals surface area contributed by atoms with Gasteiger partial charge in [-0.3, -0.25) is 9.88 Å². The molecule has 1 aliphatic rings. The molecule has 0 atom stereocenters. The fourth-order valence-corrected chi connectivity index (χ4v) is 2.84. The summed E-state index contributed by atoms with van der Waals surface area (Å²) in [5.41, 5.74) is 2.30. The minimum atomic E-state index is -0.944. The molecule has 6 heteroatoms. The van der Waals surface area contributed by atoms with Crippen LogP contribution >= 0.6 is 0 Å². The average molecular weight is 327 g/mol. The summed E-state index contributed by atoms with van der Waals surface area (Å²) < 4.78 is 5.29. The Hall–Kier alpha value is -2.60. The van der Waals surface area contributed by atoms with Crippen LogP contribution in [0.15, 0.2) is 42.6 Å². The third-order valence-corrected chi connectivity index (χ3v) is 4.25. The molecule has 1 saturated heterocycles. The fourth-order valence-electron chi connectivity index (χ4n) is 2.84. The number of anilines is 1. The van der Waals surface area contributed by atoms with Gasteiger partial charge in [0.05, 0.1) is 18.4 Å². The molecule has 24 heavy (non-hydrogen) atoms. The van der Waals surface area contributed by atoms with Crippen molar-refractivity contribution in [3.8, 4) is 5.75 Å². The van der Waals surface area contributed by atoms with Crippen LogP contribution in [0.25, 0.3) is 0 Å². The van der Waals surface area contributed by atoms with Crippen LogP contribution in [0.5, 0.6) is 5.75 Å². The molecular weight excluding hydrogens is 306 g/mol. The van der Waals surface area contributed by atoms with Crippen LogP contribution in [0.4, 0.5) is 5.69 Å². The van der Waals surface area contributed by atoms with E-state index in [1.807, 2.05) is 12.1 Å². The largest absolute Gasteiger partial charge is 0.497 e. The summed E-state index contributed by atoms with van der Waals surface area (Å²) in [5, 5.41) is 8.91. The highest BCUT2D eigenvalue weighted by molar-refractivity contribution is 5.87. The molecule has 126 valence electrons. The van der Waals surface area contributed by atoms with Gasteiger partial charge in [0.15, 0.2) is 0 Å². The van der Waals surface area contributed by atoms with Crippen molar-refractivity contribution in [2.75, 3.05) is 38.2 Å². The number of carbonyl (C=O) groups is 1. The topological polar surface area (TPSA) is 65.9 Å². The van der Waals surface area contributed by atoms with E-state index in [0.717, 1.165) is 44.2 Å². The maximum absolute atomic E-state index is 10.9. The molecule has 2 aromatic rings. The number of hydrogen-bond acceptors (Lipinski definition) is 5. The second-order valence-corrected chi connectivity index (χ2v) is 5.81.